The van der Waals surface area contributed by atoms with Gasteiger partial charge in [0.05, 0.1) is 5.60 Å². The van der Waals surface area contributed by atoms with Crippen molar-refractivity contribution in [2.24, 2.45) is 0 Å². The lowest BCUT2D eigenvalue weighted by Gasteiger charge is -2.25. The van der Waals surface area contributed by atoms with E-state index in [2.05, 4.69) is 35.1 Å². The molecule has 0 spiro atoms. The molecule has 1 aromatic rings. The summed E-state index contributed by atoms with van der Waals surface area (Å²) in [5.74, 6) is 0. The number of ether oxygens (including phenoxy) is 1. The Morgan fingerprint density at radius 2 is 2.12 bits per heavy atom. The Labute approximate surface area is 117 Å². The molecule has 0 bridgehead atoms. The molecular formula is C13H19BrClNO. The van der Waals surface area contributed by atoms with Crippen LogP contribution in [0.1, 0.15) is 26.3 Å². The number of rotatable bonds is 6. The monoisotopic (exact) mass is 319 g/mol. The Morgan fingerprint density at radius 3 is 2.76 bits per heavy atom. The normalized spacial score (nSPS) is 11.8. The first kappa shape index (κ1) is 15.0. The Kier molecular flexibility index (Phi) is 5.93. The van der Waals surface area contributed by atoms with E-state index in [1.807, 2.05) is 25.1 Å². The largest absolute Gasteiger partial charge is 0.375 e. The van der Waals surface area contributed by atoms with E-state index < -0.39 is 0 Å². The summed E-state index contributed by atoms with van der Waals surface area (Å²) in [5.41, 5.74) is 0.945. The van der Waals surface area contributed by atoms with Crippen LogP contribution in [0.3, 0.4) is 0 Å². The SMILES string of the molecule is CCOC(C)(C)CNCc1cc(Br)ccc1Cl. The van der Waals surface area contributed by atoms with Gasteiger partial charge in [-0.25, -0.2) is 0 Å². The second-order valence-corrected chi connectivity index (χ2v) is 5.85. The molecule has 2 nitrogen and oxygen atoms in total. The maximum absolute atomic E-state index is 6.12. The fourth-order valence-electron chi connectivity index (χ4n) is 1.62. The van der Waals surface area contributed by atoms with Crippen LogP contribution in [0, 0.1) is 0 Å². The van der Waals surface area contributed by atoms with Crippen molar-refractivity contribution in [3.63, 3.8) is 0 Å². The van der Waals surface area contributed by atoms with Crippen LogP contribution in [0.25, 0.3) is 0 Å². The predicted molar refractivity (Wildman–Crippen MR) is 76.6 cm³/mol. The molecule has 0 aromatic heterocycles. The van der Waals surface area contributed by atoms with E-state index in [1.54, 1.807) is 0 Å². The molecule has 17 heavy (non-hydrogen) atoms. The minimum absolute atomic E-state index is 0.146. The molecular weight excluding hydrogens is 302 g/mol. The summed E-state index contributed by atoms with van der Waals surface area (Å²) in [6, 6.07) is 5.87. The number of hydrogen-bond acceptors (Lipinski definition) is 2. The Hall–Kier alpha value is -0.0900. The molecule has 0 saturated heterocycles. The standard InChI is InChI=1S/C13H19BrClNO/c1-4-17-13(2,3)9-16-8-10-7-11(14)5-6-12(10)15/h5-7,16H,4,8-9H2,1-3H3. The first-order valence-electron chi connectivity index (χ1n) is 5.73. The van der Waals surface area contributed by atoms with Gasteiger partial charge in [-0.3, -0.25) is 0 Å². The number of nitrogens with one attached hydrogen (secondary N) is 1. The molecule has 0 heterocycles. The Balaban J connectivity index is 2.48. The van der Waals surface area contributed by atoms with Crippen molar-refractivity contribution in [1.82, 2.24) is 5.32 Å². The van der Waals surface area contributed by atoms with Gasteiger partial charge >= 0.3 is 0 Å². The molecule has 1 aromatic carbocycles. The Bertz CT molecular complexity index is 368. The molecule has 0 radical (unpaired) electrons. The molecule has 0 fully saturated rings. The third kappa shape index (κ3) is 5.38. The number of halogens is 2. The van der Waals surface area contributed by atoms with Crippen molar-refractivity contribution in [3.8, 4) is 0 Å². The summed E-state index contributed by atoms with van der Waals surface area (Å²) >= 11 is 9.56. The van der Waals surface area contributed by atoms with Crippen LogP contribution in [0.2, 0.25) is 5.02 Å². The third-order valence-corrected chi connectivity index (χ3v) is 3.27. The van der Waals surface area contributed by atoms with Crippen LogP contribution in [0.5, 0.6) is 0 Å². The highest BCUT2D eigenvalue weighted by Crippen LogP contribution is 2.21. The van der Waals surface area contributed by atoms with Crippen molar-refractivity contribution in [3.05, 3.63) is 33.3 Å². The molecule has 1 N–H and O–H groups in total. The van der Waals surface area contributed by atoms with Crippen molar-refractivity contribution in [2.45, 2.75) is 32.9 Å². The van der Waals surface area contributed by atoms with Gasteiger partial charge in [0.2, 0.25) is 0 Å². The zero-order valence-electron chi connectivity index (χ0n) is 10.5. The minimum atomic E-state index is -0.146. The smallest absolute Gasteiger partial charge is 0.0750 e. The molecule has 0 saturated carbocycles. The minimum Gasteiger partial charge on any atom is -0.375 e. The molecule has 0 aliphatic rings. The highest BCUT2D eigenvalue weighted by atomic mass is 79.9. The van der Waals surface area contributed by atoms with Crippen molar-refractivity contribution in [2.75, 3.05) is 13.2 Å². The number of hydrogen-bond donors (Lipinski definition) is 1. The van der Waals surface area contributed by atoms with Gasteiger partial charge in [0.25, 0.3) is 0 Å². The summed E-state index contributed by atoms with van der Waals surface area (Å²) in [5, 5.41) is 4.15. The van der Waals surface area contributed by atoms with Gasteiger partial charge in [-0.05, 0) is 44.5 Å². The fourth-order valence-corrected chi connectivity index (χ4v) is 2.21. The maximum Gasteiger partial charge on any atom is 0.0750 e. The van der Waals surface area contributed by atoms with Crippen LogP contribution in [0.4, 0.5) is 0 Å². The zero-order chi connectivity index (χ0) is 12.9. The van der Waals surface area contributed by atoms with Gasteiger partial charge in [0.15, 0.2) is 0 Å². The van der Waals surface area contributed by atoms with E-state index in [0.717, 1.165) is 34.8 Å². The van der Waals surface area contributed by atoms with Crippen LogP contribution >= 0.6 is 27.5 Å². The van der Waals surface area contributed by atoms with Crippen molar-refractivity contribution in [1.29, 1.82) is 0 Å². The first-order valence-corrected chi connectivity index (χ1v) is 6.90. The van der Waals surface area contributed by atoms with E-state index in [1.165, 1.54) is 0 Å². The molecule has 0 aliphatic carbocycles. The lowest BCUT2D eigenvalue weighted by Crippen LogP contribution is -2.37. The summed E-state index contributed by atoms with van der Waals surface area (Å²) in [6.45, 7) is 8.43. The quantitative estimate of drug-likeness (QED) is 0.855. The van der Waals surface area contributed by atoms with Crippen LogP contribution in [-0.2, 0) is 11.3 Å². The van der Waals surface area contributed by atoms with Gasteiger partial charge < -0.3 is 10.1 Å². The van der Waals surface area contributed by atoms with Crippen LogP contribution in [-0.4, -0.2) is 18.8 Å². The summed E-state index contributed by atoms with van der Waals surface area (Å²) in [7, 11) is 0. The second kappa shape index (κ2) is 6.74. The topological polar surface area (TPSA) is 21.3 Å². The molecule has 0 atom stereocenters. The molecule has 96 valence electrons. The highest BCUT2D eigenvalue weighted by molar-refractivity contribution is 9.10. The lowest BCUT2D eigenvalue weighted by atomic mass is 10.1. The average molecular weight is 321 g/mol. The molecule has 0 aliphatic heterocycles. The third-order valence-electron chi connectivity index (χ3n) is 2.41. The van der Waals surface area contributed by atoms with E-state index in [9.17, 15) is 0 Å². The highest BCUT2D eigenvalue weighted by Gasteiger charge is 2.16. The van der Waals surface area contributed by atoms with Crippen molar-refractivity contribution < 1.29 is 4.74 Å². The van der Waals surface area contributed by atoms with E-state index >= 15 is 0 Å². The first-order chi connectivity index (χ1) is 7.94. The fraction of sp³-hybridized carbons (Fsp3) is 0.538. The molecule has 0 amide bonds. The predicted octanol–water partition coefficient (Wildman–Crippen LogP) is 4.01. The van der Waals surface area contributed by atoms with Crippen molar-refractivity contribution >= 4 is 27.5 Å². The Morgan fingerprint density at radius 1 is 1.41 bits per heavy atom. The molecule has 0 unspecified atom stereocenters. The van der Waals surface area contributed by atoms with Gasteiger partial charge in [-0.2, -0.15) is 0 Å². The maximum atomic E-state index is 6.12. The van der Waals surface area contributed by atoms with E-state index in [0.29, 0.717) is 0 Å². The molecule has 1 rings (SSSR count). The van der Waals surface area contributed by atoms with Gasteiger partial charge in [0, 0.05) is 29.2 Å². The summed E-state index contributed by atoms with van der Waals surface area (Å²) < 4.78 is 6.66. The van der Waals surface area contributed by atoms with Gasteiger partial charge in [0.1, 0.15) is 0 Å². The average Bonchev–Trinajstić information content (AvgIpc) is 2.23. The summed E-state index contributed by atoms with van der Waals surface area (Å²) in [4.78, 5) is 0. The van der Waals surface area contributed by atoms with Gasteiger partial charge in [-0.15, -0.1) is 0 Å². The summed E-state index contributed by atoms with van der Waals surface area (Å²) in [6.07, 6.45) is 0. The van der Waals surface area contributed by atoms with Gasteiger partial charge in [-0.1, -0.05) is 27.5 Å². The van der Waals surface area contributed by atoms with E-state index in [4.69, 9.17) is 16.3 Å². The number of benzene rings is 1. The van der Waals surface area contributed by atoms with Crippen LogP contribution < -0.4 is 5.32 Å². The zero-order valence-corrected chi connectivity index (χ0v) is 12.9. The lowest BCUT2D eigenvalue weighted by molar-refractivity contribution is -0.00897. The van der Waals surface area contributed by atoms with Crippen LogP contribution in [0.15, 0.2) is 22.7 Å². The molecule has 4 heteroatoms. The second-order valence-electron chi connectivity index (χ2n) is 4.53. The van der Waals surface area contributed by atoms with E-state index in [-0.39, 0.29) is 5.60 Å².